The maximum atomic E-state index is 13.0. The van der Waals surface area contributed by atoms with Gasteiger partial charge < -0.3 is 11.1 Å². The van der Waals surface area contributed by atoms with Gasteiger partial charge in [0.2, 0.25) is 5.91 Å². The number of nitrogen functional groups attached to an aromatic ring is 1. The molecule has 0 spiro atoms. The number of carbonyl (C=O) groups excluding carboxylic acids is 1. The zero-order valence-electron chi connectivity index (χ0n) is 11.3. The Hall–Kier alpha value is -2.87. The third-order valence-electron chi connectivity index (χ3n) is 3.00. The summed E-state index contributed by atoms with van der Waals surface area (Å²) in [5.74, 6) is -0.735. The Kier molecular flexibility index (Phi) is 4.52. The van der Waals surface area contributed by atoms with E-state index < -0.39 is 5.82 Å². The minimum atomic E-state index is -0.508. The molecule has 0 heterocycles. The van der Waals surface area contributed by atoms with Gasteiger partial charge in [0.25, 0.3) is 0 Å². The maximum absolute atomic E-state index is 13.0. The number of nitrogens with one attached hydrogen (secondary N) is 1. The van der Waals surface area contributed by atoms with Crippen LogP contribution in [0.5, 0.6) is 0 Å². The minimum absolute atomic E-state index is 0.107. The highest BCUT2D eigenvalue weighted by Gasteiger charge is 2.08. The van der Waals surface area contributed by atoms with Gasteiger partial charge in [0.1, 0.15) is 11.9 Å². The number of hydrogen-bond acceptors (Lipinski definition) is 3. The first-order valence-corrected chi connectivity index (χ1v) is 6.42. The summed E-state index contributed by atoms with van der Waals surface area (Å²) < 4.78 is 13.0. The summed E-state index contributed by atoms with van der Waals surface area (Å²) in [7, 11) is 0. The first-order valence-electron chi connectivity index (χ1n) is 6.42. The van der Waals surface area contributed by atoms with Crippen LogP contribution in [-0.4, -0.2) is 5.91 Å². The number of nitrogens with zero attached hydrogens (tertiary/aromatic N) is 1. The van der Waals surface area contributed by atoms with E-state index in [1.165, 1.54) is 12.1 Å². The van der Waals surface area contributed by atoms with Gasteiger partial charge in [0, 0.05) is 12.1 Å². The van der Waals surface area contributed by atoms with Crippen LogP contribution in [0.4, 0.5) is 15.8 Å². The summed E-state index contributed by atoms with van der Waals surface area (Å²) in [5.41, 5.74) is 7.69. The molecule has 0 bridgehead atoms. The molecule has 0 aliphatic rings. The van der Waals surface area contributed by atoms with Crippen LogP contribution in [-0.2, 0) is 11.2 Å². The molecule has 0 aliphatic heterocycles. The number of halogens is 1. The van der Waals surface area contributed by atoms with Crippen molar-refractivity contribution in [2.45, 2.75) is 12.8 Å². The van der Waals surface area contributed by atoms with Crippen molar-refractivity contribution in [3.8, 4) is 6.07 Å². The Bertz CT molecular complexity index is 690. The van der Waals surface area contributed by atoms with Crippen molar-refractivity contribution in [2.75, 3.05) is 11.1 Å². The van der Waals surface area contributed by atoms with Crippen molar-refractivity contribution in [1.29, 1.82) is 5.26 Å². The number of anilines is 2. The van der Waals surface area contributed by atoms with E-state index in [0.717, 1.165) is 11.6 Å². The van der Waals surface area contributed by atoms with Crippen LogP contribution >= 0.6 is 0 Å². The molecule has 0 aliphatic carbocycles. The van der Waals surface area contributed by atoms with Crippen LogP contribution in [0.2, 0.25) is 0 Å². The summed E-state index contributed by atoms with van der Waals surface area (Å²) in [6, 6.07) is 12.8. The summed E-state index contributed by atoms with van der Waals surface area (Å²) in [6.45, 7) is 0. The minimum Gasteiger partial charge on any atom is -0.399 e. The van der Waals surface area contributed by atoms with E-state index in [4.69, 9.17) is 11.0 Å². The van der Waals surface area contributed by atoms with E-state index in [1.807, 2.05) is 18.2 Å². The normalized spacial score (nSPS) is 9.90. The zero-order valence-corrected chi connectivity index (χ0v) is 11.3. The Morgan fingerprint density at radius 1 is 1.24 bits per heavy atom. The summed E-state index contributed by atoms with van der Waals surface area (Å²) in [4.78, 5) is 11.9. The van der Waals surface area contributed by atoms with Crippen LogP contribution in [0, 0.1) is 17.1 Å². The van der Waals surface area contributed by atoms with Gasteiger partial charge in [0.15, 0.2) is 0 Å². The molecule has 0 radical (unpaired) electrons. The Morgan fingerprint density at radius 2 is 1.95 bits per heavy atom. The van der Waals surface area contributed by atoms with E-state index in [1.54, 1.807) is 12.1 Å². The molecule has 0 fully saturated rings. The molecule has 1 amide bonds. The lowest BCUT2D eigenvalue weighted by Crippen LogP contribution is -2.13. The van der Waals surface area contributed by atoms with Crippen molar-refractivity contribution >= 4 is 17.3 Å². The Morgan fingerprint density at radius 3 is 2.62 bits per heavy atom. The van der Waals surface area contributed by atoms with E-state index in [0.29, 0.717) is 17.8 Å². The Labute approximate surface area is 122 Å². The van der Waals surface area contributed by atoms with E-state index >= 15 is 0 Å². The molecule has 106 valence electrons. The van der Waals surface area contributed by atoms with Gasteiger partial charge in [-0.2, -0.15) is 5.26 Å². The molecule has 2 aromatic carbocycles. The first kappa shape index (κ1) is 14.5. The molecule has 0 saturated carbocycles. The van der Waals surface area contributed by atoms with Gasteiger partial charge >= 0.3 is 0 Å². The van der Waals surface area contributed by atoms with Gasteiger partial charge in [-0.3, -0.25) is 4.79 Å². The van der Waals surface area contributed by atoms with Gasteiger partial charge in [-0.1, -0.05) is 12.1 Å². The maximum Gasteiger partial charge on any atom is 0.224 e. The number of nitrogens with two attached hydrogens (primary N) is 1. The van der Waals surface area contributed by atoms with E-state index in [9.17, 15) is 9.18 Å². The lowest BCUT2D eigenvalue weighted by molar-refractivity contribution is -0.116. The van der Waals surface area contributed by atoms with Crippen LogP contribution in [0.1, 0.15) is 17.5 Å². The summed E-state index contributed by atoms with van der Waals surface area (Å²) in [5, 5.41) is 11.5. The monoisotopic (exact) mass is 283 g/mol. The van der Waals surface area contributed by atoms with Crippen LogP contribution in [0.25, 0.3) is 0 Å². The lowest BCUT2D eigenvalue weighted by atomic mass is 10.1. The van der Waals surface area contributed by atoms with Crippen molar-refractivity contribution in [2.24, 2.45) is 0 Å². The van der Waals surface area contributed by atoms with Crippen molar-refractivity contribution in [1.82, 2.24) is 0 Å². The SMILES string of the molecule is N#Cc1cc(F)ccc1NC(=O)CCc1ccc(N)cc1. The number of nitriles is 1. The molecular weight excluding hydrogens is 269 g/mol. The molecule has 0 unspecified atom stereocenters. The fraction of sp³-hybridized carbons (Fsp3) is 0.125. The molecule has 0 aromatic heterocycles. The number of rotatable bonds is 4. The standard InChI is InChI=1S/C16H14FN3O/c17-13-4-7-15(12(9-13)10-18)20-16(21)8-3-11-1-5-14(19)6-2-11/h1-2,4-7,9H,3,8,19H2,(H,20,21). The molecule has 3 N–H and O–H groups in total. The second kappa shape index (κ2) is 6.53. The first-order chi connectivity index (χ1) is 10.1. The number of amides is 1. The molecular formula is C16H14FN3O. The molecule has 21 heavy (non-hydrogen) atoms. The van der Waals surface area contributed by atoms with E-state index in [-0.39, 0.29) is 17.9 Å². The molecule has 0 atom stereocenters. The average molecular weight is 283 g/mol. The predicted molar refractivity (Wildman–Crippen MR) is 78.9 cm³/mol. The number of hydrogen-bond donors (Lipinski definition) is 2. The largest absolute Gasteiger partial charge is 0.399 e. The Balaban J connectivity index is 1.96. The van der Waals surface area contributed by atoms with Gasteiger partial charge in [0.05, 0.1) is 11.3 Å². The number of carbonyl (C=O) groups is 1. The van der Waals surface area contributed by atoms with Crippen LogP contribution in [0.3, 0.4) is 0 Å². The quantitative estimate of drug-likeness (QED) is 0.847. The third kappa shape index (κ3) is 4.05. The number of aryl methyl sites for hydroxylation is 1. The van der Waals surface area contributed by atoms with Crippen molar-refractivity contribution < 1.29 is 9.18 Å². The molecule has 4 nitrogen and oxygen atoms in total. The second-order valence-electron chi connectivity index (χ2n) is 4.59. The molecule has 2 rings (SSSR count). The lowest BCUT2D eigenvalue weighted by Gasteiger charge is -2.07. The summed E-state index contributed by atoms with van der Waals surface area (Å²) >= 11 is 0. The van der Waals surface area contributed by atoms with Crippen molar-refractivity contribution in [3.05, 3.63) is 59.4 Å². The highest BCUT2D eigenvalue weighted by molar-refractivity contribution is 5.92. The smallest absolute Gasteiger partial charge is 0.224 e. The highest BCUT2D eigenvalue weighted by atomic mass is 19.1. The predicted octanol–water partition coefficient (Wildman–Crippen LogP) is 2.85. The van der Waals surface area contributed by atoms with Gasteiger partial charge in [-0.05, 0) is 42.3 Å². The van der Waals surface area contributed by atoms with Gasteiger partial charge in [-0.25, -0.2) is 4.39 Å². The topological polar surface area (TPSA) is 78.9 Å². The van der Waals surface area contributed by atoms with Crippen LogP contribution in [0.15, 0.2) is 42.5 Å². The fourth-order valence-corrected chi connectivity index (χ4v) is 1.87. The molecule has 5 heteroatoms. The third-order valence-corrected chi connectivity index (χ3v) is 3.00. The average Bonchev–Trinajstić information content (AvgIpc) is 2.48. The fourth-order valence-electron chi connectivity index (χ4n) is 1.87. The number of benzene rings is 2. The second-order valence-corrected chi connectivity index (χ2v) is 4.59. The molecule has 2 aromatic rings. The van der Waals surface area contributed by atoms with Crippen LogP contribution < -0.4 is 11.1 Å². The zero-order chi connectivity index (χ0) is 15.2. The van der Waals surface area contributed by atoms with Crippen molar-refractivity contribution in [3.63, 3.8) is 0 Å². The summed E-state index contributed by atoms with van der Waals surface area (Å²) in [6.07, 6.45) is 0.835. The molecule has 0 saturated heterocycles. The van der Waals surface area contributed by atoms with E-state index in [2.05, 4.69) is 5.32 Å². The highest BCUT2D eigenvalue weighted by Crippen LogP contribution is 2.16. The van der Waals surface area contributed by atoms with Gasteiger partial charge in [-0.15, -0.1) is 0 Å².